The number of rotatable bonds is 3. The van der Waals surface area contributed by atoms with Gasteiger partial charge in [0.1, 0.15) is 5.58 Å². The van der Waals surface area contributed by atoms with Gasteiger partial charge in [0.15, 0.2) is 5.76 Å². The molecule has 0 unspecified atom stereocenters. The predicted molar refractivity (Wildman–Crippen MR) is 76.1 cm³/mol. The zero-order chi connectivity index (χ0) is 13.2. The van der Waals surface area contributed by atoms with Crippen molar-refractivity contribution in [3.05, 3.63) is 52.4 Å². The molecule has 0 bridgehead atoms. The molecule has 0 aliphatic heterocycles. The fourth-order valence-corrected chi connectivity index (χ4v) is 2.51. The third kappa shape index (κ3) is 2.46. The molecule has 1 amide bonds. The van der Waals surface area contributed by atoms with Gasteiger partial charge < -0.3 is 15.5 Å². The number of nitrogens with one attached hydrogen (secondary N) is 1. The summed E-state index contributed by atoms with van der Waals surface area (Å²) in [5.74, 6) is 0.0804. The highest BCUT2D eigenvalue weighted by Gasteiger charge is 2.12. The summed E-state index contributed by atoms with van der Waals surface area (Å²) in [5.41, 5.74) is 8.09. The van der Waals surface area contributed by atoms with Crippen molar-refractivity contribution < 1.29 is 9.21 Å². The molecule has 1 aromatic carbocycles. The van der Waals surface area contributed by atoms with Crippen LogP contribution in [0.3, 0.4) is 0 Å². The molecule has 4 nitrogen and oxygen atoms in total. The Hall–Kier alpha value is -2.27. The Morgan fingerprint density at radius 3 is 3.00 bits per heavy atom. The van der Waals surface area contributed by atoms with Crippen molar-refractivity contribution in [1.82, 2.24) is 5.32 Å². The molecule has 3 N–H and O–H groups in total. The minimum Gasteiger partial charge on any atom is -0.451 e. The molecule has 0 aliphatic carbocycles. The smallest absolute Gasteiger partial charge is 0.287 e. The number of carbonyl (C=O) groups is 1. The quantitative estimate of drug-likeness (QED) is 0.720. The average Bonchev–Trinajstić information content (AvgIpc) is 3.04. The number of furan rings is 1. The molecule has 19 heavy (non-hydrogen) atoms. The number of carbonyl (C=O) groups excluding carboxylic acids is 1. The van der Waals surface area contributed by atoms with E-state index >= 15 is 0 Å². The molecule has 5 heteroatoms. The highest BCUT2D eigenvalue weighted by atomic mass is 32.1. The molecule has 0 spiro atoms. The molecule has 0 saturated carbocycles. The molecule has 0 fully saturated rings. The lowest BCUT2D eigenvalue weighted by atomic mass is 10.2. The van der Waals surface area contributed by atoms with E-state index in [1.54, 1.807) is 35.6 Å². The fourth-order valence-electron chi connectivity index (χ4n) is 1.84. The number of nitrogen functional groups attached to an aromatic ring is 1. The standard InChI is InChI=1S/C14H12N2O2S/c15-11-1-2-12-10(5-11)6-13(18-12)14(17)16-7-9-3-4-19-8-9/h1-6,8H,7,15H2,(H,16,17). The van der Waals surface area contributed by atoms with Crippen LogP contribution in [0.5, 0.6) is 0 Å². The van der Waals surface area contributed by atoms with E-state index in [4.69, 9.17) is 10.2 Å². The number of anilines is 1. The number of thiophene rings is 1. The second-order valence-electron chi connectivity index (χ2n) is 4.22. The molecule has 2 heterocycles. The van der Waals surface area contributed by atoms with Crippen LogP contribution in [-0.2, 0) is 6.54 Å². The Bertz CT molecular complexity index is 716. The molecule has 0 atom stereocenters. The summed E-state index contributed by atoms with van der Waals surface area (Å²) in [6.07, 6.45) is 0. The van der Waals surface area contributed by atoms with E-state index in [0.29, 0.717) is 23.6 Å². The summed E-state index contributed by atoms with van der Waals surface area (Å²) < 4.78 is 5.49. The minimum atomic E-state index is -0.221. The van der Waals surface area contributed by atoms with Crippen molar-refractivity contribution in [1.29, 1.82) is 0 Å². The highest BCUT2D eigenvalue weighted by Crippen LogP contribution is 2.21. The number of nitrogens with two attached hydrogens (primary N) is 1. The fraction of sp³-hybridized carbons (Fsp3) is 0.0714. The van der Waals surface area contributed by atoms with Crippen LogP contribution in [0.2, 0.25) is 0 Å². The van der Waals surface area contributed by atoms with Gasteiger partial charge in [-0.05, 0) is 46.7 Å². The van der Waals surface area contributed by atoms with Crippen molar-refractivity contribution in [3.8, 4) is 0 Å². The first-order valence-electron chi connectivity index (χ1n) is 5.81. The third-order valence-corrected chi connectivity index (χ3v) is 3.53. The van der Waals surface area contributed by atoms with Gasteiger partial charge in [-0.15, -0.1) is 0 Å². The molecular formula is C14H12N2O2S. The molecule has 0 aliphatic rings. The van der Waals surface area contributed by atoms with E-state index in [1.165, 1.54) is 0 Å². The summed E-state index contributed by atoms with van der Waals surface area (Å²) in [6, 6.07) is 8.98. The zero-order valence-electron chi connectivity index (χ0n) is 10.1. The van der Waals surface area contributed by atoms with Gasteiger partial charge in [-0.1, -0.05) is 0 Å². The molecule has 96 valence electrons. The number of benzene rings is 1. The van der Waals surface area contributed by atoms with E-state index in [9.17, 15) is 4.79 Å². The Kier molecular flexibility index (Phi) is 2.97. The Balaban J connectivity index is 1.77. The van der Waals surface area contributed by atoms with Crippen molar-refractivity contribution >= 4 is 33.9 Å². The molecular weight excluding hydrogens is 260 g/mol. The van der Waals surface area contributed by atoms with Gasteiger partial charge in [-0.3, -0.25) is 4.79 Å². The van der Waals surface area contributed by atoms with Crippen LogP contribution in [0.4, 0.5) is 5.69 Å². The number of fused-ring (bicyclic) bond motifs is 1. The summed E-state index contributed by atoms with van der Waals surface area (Å²) >= 11 is 1.60. The Morgan fingerprint density at radius 2 is 2.21 bits per heavy atom. The topological polar surface area (TPSA) is 68.3 Å². The van der Waals surface area contributed by atoms with Crippen molar-refractivity contribution in [2.24, 2.45) is 0 Å². The first-order chi connectivity index (χ1) is 9.22. The van der Waals surface area contributed by atoms with Crippen molar-refractivity contribution in [3.63, 3.8) is 0 Å². The van der Waals surface area contributed by atoms with Crippen LogP contribution < -0.4 is 11.1 Å². The van der Waals surface area contributed by atoms with E-state index in [2.05, 4.69) is 5.32 Å². The van der Waals surface area contributed by atoms with Crippen LogP contribution in [0.25, 0.3) is 11.0 Å². The van der Waals surface area contributed by atoms with Gasteiger partial charge in [0.05, 0.1) is 0 Å². The van der Waals surface area contributed by atoms with E-state index in [1.807, 2.05) is 16.8 Å². The number of hydrogen-bond acceptors (Lipinski definition) is 4. The summed E-state index contributed by atoms with van der Waals surface area (Å²) in [4.78, 5) is 12.0. The van der Waals surface area contributed by atoms with Gasteiger partial charge in [0, 0.05) is 17.6 Å². The van der Waals surface area contributed by atoms with Crippen LogP contribution in [-0.4, -0.2) is 5.91 Å². The van der Waals surface area contributed by atoms with Crippen LogP contribution >= 0.6 is 11.3 Å². The van der Waals surface area contributed by atoms with Crippen LogP contribution in [0.1, 0.15) is 16.1 Å². The first kappa shape index (κ1) is 11.8. The van der Waals surface area contributed by atoms with Gasteiger partial charge >= 0.3 is 0 Å². The van der Waals surface area contributed by atoms with Crippen LogP contribution in [0, 0.1) is 0 Å². The third-order valence-electron chi connectivity index (χ3n) is 2.80. The molecule has 2 aromatic heterocycles. The second-order valence-corrected chi connectivity index (χ2v) is 5.00. The Morgan fingerprint density at radius 1 is 1.32 bits per heavy atom. The lowest BCUT2D eigenvalue weighted by Gasteiger charge is -2.00. The number of amides is 1. The van der Waals surface area contributed by atoms with Gasteiger partial charge in [0.2, 0.25) is 0 Å². The van der Waals surface area contributed by atoms with Crippen molar-refractivity contribution in [2.45, 2.75) is 6.54 Å². The maximum atomic E-state index is 12.0. The van der Waals surface area contributed by atoms with Gasteiger partial charge in [0.25, 0.3) is 5.91 Å². The SMILES string of the molecule is Nc1ccc2oc(C(=O)NCc3ccsc3)cc2c1. The molecule has 3 rings (SSSR count). The maximum Gasteiger partial charge on any atom is 0.287 e. The average molecular weight is 272 g/mol. The summed E-state index contributed by atoms with van der Waals surface area (Å²) in [7, 11) is 0. The lowest BCUT2D eigenvalue weighted by molar-refractivity contribution is 0.0925. The summed E-state index contributed by atoms with van der Waals surface area (Å²) in [6.45, 7) is 0.502. The monoisotopic (exact) mass is 272 g/mol. The highest BCUT2D eigenvalue weighted by molar-refractivity contribution is 7.07. The second kappa shape index (κ2) is 4.78. The molecule has 0 saturated heterocycles. The molecule has 0 radical (unpaired) electrons. The Labute approximate surface area is 113 Å². The zero-order valence-corrected chi connectivity index (χ0v) is 10.9. The predicted octanol–water partition coefficient (Wildman–Crippen LogP) is 3.01. The van der Waals surface area contributed by atoms with E-state index < -0.39 is 0 Å². The van der Waals surface area contributed by atoms with E-state index in [0.717, 1.165) is 10.9 Å². The molecule has 3 aromatic rings. The minimum absolute atomic E-state index is 0.221. The number of hydrogen-bond donors (Lipinski definition) is 2. The van der Waals surface area contributed by atoms with Gasteiger partial charge in [-0.25, -0.2) is 0 Å². The van der Waals surface area contributed by atoms with Crippen molar-refractivity contribution in [2.75, 3.05) is 5.73 Å². The first-order valence-corrected chi connectivity index (χ1v) is 6.75. The van der Waals surface area contributed by atoms with Crippen LogP contribution in [0.15, 0.2) is 45.5 Å². The normalized spacial score (nSPS) is 10.7. The van der Waals surface area contributed by atoms with Gasteiger partial charge in [-0.2, -0.15) is 11.3 Å². The van der Waals surface area contributed by atoms with E-state index in [-0.39, 0.29) is 5.91 Å². The summed E-state index contributed by atoms with van der Waals surface area (Å²) in [5, 5.41) is 7.63. The lowest BCUT2D eigenvalue weighted by Crippen LogP contribution is -2.21. The largest absolute Gasteiger partial charge is 0.451 e. The maximum absolute atomic E-state index is 12.0.